The molecular weight excluding hydrogens is 416 g/mol. The molecule has 0 unspecified atom stereocenters. The van der Waals surface area contributed by atoms with Gasteiger partial charge in [-0.05, 0) is 36.8 Å². The van der Waals surface area contributed by atoms with Crippen molar-refractivity contribution in [3.63, 3.8) is 0 Å². The second-order valence-corrected chi connectivity index (χ2v) is 8.17. The van der Waals surface area contributed by atoms with Gasteiger partial charge in [0.15, 0.2) is 5.69 Å². The SMILES string of the molecule is CC.CC(C)c1ccn(C)n1.CCCc1ccn[nH]1.COC(=O)c1nn(C)cc1CC(C)C. The van der Waals surface area contributed by atoms with Gasteiger partial charge < -0.3 is 4.74 Å². The molecule has 0 bridgehead atoms. The fourth-order valence-corrected chi connectivity index (χ4v) is 2.83. The van der Waals surface area contributed by atoms with Crippen molar-refractivity contribution < 1.29 is 9.53 Å². The first-order valence-corrected chi connectivity index (χ1v) is 11.8. The van der Waals surface area contributed by atoms with Gasteiger partial charge in [-0.1, -0.05) is 54.9 Å². The summed E-state index contributed by atoms with van der Waals surface area (Å²) in [6, 6.07) is 4.05. The average molecular weight is 461 g/mol. The molecule has 0 aliphatic rings. The predicted molar refractivity (Wildman–Crippen MR) is 134 cm³/mol. The van der Waals surface area contributed by atoms with E-state index in [1.807, 2.05) is 50.1 Å². The predicted octanol–water partition coefficient (Wildman–Crippen LogP) is 5.34. The van der Waals surface area contributed by atoms with Gasteiger partial charge in [0, 0.05) is 43.9 Å². The van der Waals surface area contributed by atoms with Crippen LogP contribution in [-0.4, -0.2) is 42.8 Å². The molecule has 186 valence electrons. The van der Waals surface area contributed by atoms with Crippen molar-refractivity contribution in [1.29, 1.82) is 0 Å². The van der Waals surface area contributed by atoms with Crippen molar-refractivity contribution in [2.45, 2.75) is 73.6 Å². The van der Waals surface area contributed by atoms with Crippen molar-refractivity contribution in [1.82, 2.24) is 29.8 Å². The molecule has 0 saturated carbocycles. The van der Waals surface area contributed by atoms with Gasteiger partial charge in [0.1, 0.15) is 0 Å². The Morgan fingerprint density at radius 1 is 1.09 bits per heavy atom. The number of nitrogens with one attached hydrogen (secondary N) is 1. The van der Waals surface area contributed by atoms with Crippen molar-refractivity contribution >= 4 is 5.97 Å². The third kappa shape index (κ3) is 12.1. The van der Waals surface area contributed by atoms with Crippen LogP contribution in [-0.2, 0) is 31.7 Å². The van der Waals surface area contributed by atoms with E-state index in [1.165, 1.54) is 19.2 Å². The number of aryl methyl sites for hydroxylation is 3. The third-order valence-electron chi connectivity index (χ3n) is 4.31. The maximum atomic E-state index is 11.3. The van der Waals surface area contributed by atoms with Gasteiger partial charge in [-0.15, -0.1) is 0 Å². The van der Waals surface area contributed by atoms with Crippen LogP contribution in [0.1, 0.15) is 88.2 Å². The smallest absolute Gasteiger partial charge is 0.358 e. The Kier molecular flexibility index (Phi) is 15.2. The summed E-state index contributed by atoms with van der Waals surface area (Å²) in [6.45, 7) is 14.6. The molecule has 0 atom stereocenters. The molecule has 3 aromatic rings. The second-order valence-electron chi connectivity index (χ2n) is 8.17. The Labute approximate surface area is 199 Å². The monoisotopic (exact) mass is 460 g/mol. The fourth-order valence-electron chi connectivity index (χ4n) is 2.83. The first-order chi connectivity index (χ1) is 15.7. The number of H-pyrrole nitrogens is 1. The second kappa shape index (κ2) is 16.7. The standard InChI is InChI=1S/C10H16N2O2.C7H12N2.C6H10N2.C2H6/c1-7(2)5-8-6-12(3)11-9(8)10(13)14-4;1-6(2)7-4-5-9(3)8-7;1-2-3-6-4-5-7-8-6;1-2/h6-7H,5H2,1-4H3;4-6H,1-3H3;4-5H,2-3H2,1H3,(H,7,8);1-2H3. The topological polar surface area (TPSA) is 90.6 Å². The van der Waals surface area contributed by atoms with Crippen LogP contribution in [0.15, 0.2) is 30.7 Å². The normalized spacial score (nSPS) is 9.94. The van der Waals surface area contributed by atoms with Crippen LogP contribution in [0.25, 0.3) is 0 Å². The number of methoxy groups -OCH3 is 1. The van der Waals surface area contributed by atoms with Gasteiger partial charge in [0.25, 0.3) is 0 Å². The minimum absolute atomic E-state index is 0.360. The van der Waals surface area contributed by atoms with Gasteiger partial charge in [-0.3, -0.25) is 14.5 Å². The number of ether oxygens (including phenoxy) is 1. The van der Waals surface area contributed by atoms with Crippen LogP contribution in [0.2, 0.25) is 0 Å². The van der Waals surface area contributed by atoms with Crippen LogP contribution in [0.4, 0.5) is 0 Å². The number of nitrogens with zero attached hydrogens (tertiary/aromatic N) is 5. The Hall–Kier alpha value is -2.90. The molecule has 0 aliphatic carbocycles. The molecule has 3 heterocycles. The summed E-state index contributed by atoms with van der Waals surface area (Å²) < 4.78 is 8.13. The van der Waals surface area contributed by atoms with Crippen LogP contribution < -0.4 is 0 Å². The van der Waals surface area contributed by atoms with Gasteiger partial charge in [0.05, 0.1) is 12.8 Å². The summed E-state index contributed by atoms with van der Waals surface area (Å²) in [5.41, 5.74) is 3.78. The van der Waals surface area contributed by atoms with Gasteiger partial charge in [0.2, 0.25) is 0 Å². The summed E-state index contributed by atoms with van der Waals surface area (Å²) in [6.07, 6.45) is 8.76. The Morgan fingerprint density at radius 2 is 1.76 bits per heavy atom. The van der Waals surface area contributed by atoms with Crippen LogP contribution >= 0.6 is 0 Å². The highest BCUT2D eigenvalue weighted by atomic mass is 16.5. The number of hydrogen-bond acceptors (Lipinski definition) is 5. The minimum atomic E-state index is -0.360. The van der Waals surface area contributed by atoms with E-state index in [1.54, 1.807) is 17.9 Å². The number of rotatable bonds is 6. The van der Waals surface area contributed by atoms with Crippen molar-refractivity contribution in [3.8, 4) is 0 Å². The zero-order valence-electron chi connectivity index (χ0n) is 22.2. The molecule has 3 aromatic heterocycles. The van der Waals surface area contributed by atoms with Crippen LogP contribution in [0.5, 0.6) is 0 Å². The molecule has 0 radical (unpaired) electrons. The largest absolute Gasteiger partial charge is 0.464 e. The summed E-state index contributed by atoms with van der Waals surface area (Å²) in [5.74, 6) is 0.690. The minimum Gasteiger partial charge on any atom is -0.464 e. The van der Waals surface area contributed by atoms with E-state index in [2.05, 4.69) is 59.8 Å². The third-order valence-corrected chi connectivity index (χ3v) is 4.31. The van der Waals surface area contributed by atoms with Gasteiger partial charge in [-0.25, -0.2) is 4.79 Å². The average Bonchev–Trinajstić information content (AvgIpc) is 3.52. The molecule has 3 rings (SSSR count). The van der Waals surface area contributed by atoms with Crippen LogP contribution in [0, 0.1) is 5.92 Å². The van der Waals surface area contributed by atoms with E-state index in [9.17, 15) is 4.79 Å². The number of esters is 1. The lowest BCUT2D eigenvalue weighted by molar-refractivity contribution is 0.0591. The Morgan fingerprint density at radius 3 is 2.15 bits per heavy atom. The van der Waals surface area contributed by atoms with E-state index in [0.29, 0.717) is 17.5 Å². The number of carbonyl (C=O) groups excluding carboxylic acids is 1. The maximum Gasteiger partial charge on any atom is 0.358 e. The van der Waals surface area contributed by atoms with E-state index in [4.69, 9.17) is 0 Å². The molecule has 0 aliphatic heterocycles. The first kappa shape index (κ1) is 30.1. The van der Waals surface area contributed by atoms with E-state index < -0.39 is 0 Å². The van der Waals surface area contributed by atoms with Crippen molar-refractivity contribution in [2.75, 3.05) is 7.11 Å². The zero-order valence-corrected chi connectivity index (χ0v) is 22.2. The number of hydrogen-bond donors (Lipinski definition) is 1. The van der Waals surface area contributed by atoms with Gasteiger partial charge >= 0.3 is 5.97 Å². The molecule has 0 saturated heterocycles. The molecule has 0 spiro atoms. The highest BCUT2D eigenvalue weighted by molar-refractivity contribution is 5.88. The molecule has 0 aromatic carbocycles. The van der Waals surface area contributed by atoms with Crippen molar-refractivity contribution in [3.05, 3.63) is 53.4 Å². The summed E-state index contributed by atoms with van der Waals surface area (Å²) in [4.78, 5) is 11.3. The molecule has 8 nitrogen and oxygen atoms in total. The zero-order chi connectivity index (χ0) is 25.4. The van der Waals surface area contributed by atoms with E-state index in [-0.39, 0.29) is 5.97 Å². The summed E-state index contributed by atoms with van der Waals surface area (Å²) >= 11 is 0. The molecule has 0 amide bonds. The number of aromatic amines is 1. The van der Waals surface area contributed by atoms with E-state index in [0.717, 1.165) is 24.1 Å². The molecule has 33 heavy (non-hydrogen) atoms. The highest BCUT2D eigenvalue weighted by Gasteiger charge is 2.16. The fraction of sp³-hybridized carbons (Fsp3) is 0.600. The Balaban J connectivity index is 0.000000469. The lowest BCUT2D eigenvalue weighted by Crippen LogP contribution is -2.07. The molecule has 0 fully saturated rings. The highest BCUT2D eigenvalue weighted by Crippen LogP contribution is 2.13. The lowest BCUT2D eigenvalue weighted by Gasteiger charge is -2.02. The molecule has 1 N–H and O–H groups in total. The molecular formula is C25H44N6O2. The van der Waals surface area contributed by atoms with E-state index >= 15 is 0 Å². The summed E-state index contributed by atoms with van der Waals surface area (Å²) in [7, 11) is 5.11. The van der Waals surface area contributed by atoms with Crippen LogP contribution in [0.3, 0.4) is 0 Å². The lowest BCUT2D eigenvalue weighted by atomic mass is 10.0. The number of aromatic nitrogens is 6. The van der Waals surface area contributed by atoms with Gasteiger partial charge in [-0.2, -0.15) is 15.3 Å². The summed E-state index contributed by atoms with van der Waals surface area (Å²) in [5, 5.41) is 15.0. The first-order valence-electron chi connectivity index (χ1n) is 11.8. The maximum absolute atomic E-state index is 11.3. The quantitative estimate of drug-likeness (QED) is 0.502. The van der Waals surface area contributed by atoms with Crippen molar-refractivity contribution in [2.24, 2.45) is 20.0 Å². The Bertz CT molecular complexity index is 879. The molecule has 8 heteroatoms. The number of carbonyl (C=O) groups is 1.